The van der Waals surface area contributed by atoms with Gasteiger partial charge < -0.3 is 15.2 Å². The van der Waals surface area contributed by atoms with Crippen LogP contribution in [0.3, 0.4) is 0 Å². The molecular formula is C15H20FNO2. The van der Waals surface area contributed by atoms with Crippen molar-refractivity contribution < 1.29 is 14.2 Å². The normalized spacial score (nSPS) is 34.6. The molecule has 19 heavy (non-hydrogen) atoms. The van der Waals surface area contributed by atoms with Crippen molar-refractivity contribution in [1.82, 2.24) is 0 Å². The van der Waals surface area contributed by atoms with Gasteiger partial charge in [-0.1, -0.05) is 12.8 Å². The highest BCUT2D eigenvalue weighted by atomic mass is 19.1. The highest BCUT2D eigenvalue weighted by molar-refractivity contribution is 5.44. The fourth-order valence-corrected chi connectivity index (χ4v) is 3.30. The van der Waals surface area contributed by atoms with Crippen molar-refractivity contribution in [1.29, 1.82) is 0 Å². The number of aliphatic hydroxyl groups is 1. The maximum atomic E-state index is 12.9. The first-order chi connectivity index (χ1) is 9.18. The van der Waals surface area contributed by atoms with Crippen molar-refractivity contribution in [3.05, 3.63) is 30.1 Å². The average molecular weight is 265 g/mol. The van der Waals surface area contributed by atoms with E-state index in [1.807, 2.05) is 0 Å². The minimum absolute atomic E-state index is 0.0167. The zero-order valence-corrected chi connectivity index (χ0v) is 10.9. The van der Waals surface area contributed by atoms with Crippen molar-refractivity contribution in [3.63, 3.8) is 0 Å². The lowest BCUT2D eigenvalue weighted by Gasteiger charge is -2.48. The second-order valence-electron chi connectivity index (χ2n) is 5.59. The lowest BCUT2D eigenvalue weighted by atomic mass is 9.74. The van der Waals surface area contributed by atoms with Crippen LogP contribution < -0.4 is 5.32 Å². The van der Waals surface area contributed by atoms with Crippen LogP contribution in [0.2, 0.25) is 0 Å². The second kappa shape index (κ2) is 5.10. The summed E-state index contributed by atoms with van der Waals surface area (Å²) in [4.78, 5) is 0. The summed E-state index contributed by atoms with van der Waals surface area (Å²) in [6.07, 6.45) is 4.58. The molecule has 1 unspecified atom stereocenters. The standard InChI is InChI=1S/C15H20FNO2/c16-11-4-6-12(7-5-11)17-13-8-10-19-14-3-1-2-9-15(13,14)18/h4-7,13-14,17-18H,1-3,8-10H2/t13-,14?,15+/m1/s1. The second-order valence-corrected chi connectivity index (χ2v) is 5.59. The summed E-state index contributed by atoms with van der Waals surface area (Å²) in [6, 6.07) is 6.28. The molecule has 1 saturated carbocycles. The minimum Gasteiger partial charge on any atom is -0.385 e. The van der Waals surface area contributed by atoms with E-state index >= 15 is 0 Å². The summed E-state index contributed by atoms with van der Waals surface area (Å²) in [5.74, 6) is -0.244. The first kappa shape index (κ1) is 12.9. The van der Waals surface area contributed by atoms with Crippen LogP contribution in [-0.2, 0) is 4.74 Å². The molecule has 1 saturated heterocycles. The van der Waals surface area contributed by atoms with Crippen LogP contribution in [0, 0.1) is 5.82 Å². The molecule has 1 heterocycles. The molecule has 4 heteroatoms. The molecule has 2 N–H and O–H groups in total. The molecule has 1 aliphatic heterocycles. The summed E-state index contributed by atoms with van der Waals surface area (Å²) in [5.41, 5.74) is 0.0660. The number of ether oxygens (including phenoxy) is 1. The highest BCUT2D eigenvalue weighted by Gasteiger charge is 2.48. The molecule has 0 amide bonds. The van der Waals surface area contributed by atoms with Gasteiger partial charge in [0.1, 0.15) is 11.4 Å². The Balaban J connectivity index is 1.77. The Kier molecular flexibility index (Phi) is 3.46. The summed E-state index contributed by atoms with van der Waals surface area (Å²) >= 11 is 0. The van der Waals surface area contributed by atoms with Gasteiger partial charge in [0, 0.05) is 12.3 Å². The van der Waals surface area contributed by atoms with Crippen molar-refractivity contribution >= 4 is 5.69 Å². The molecule has 1 aromatic rings. The summed E-state index contributed by atoms with van der Waals surface area (Å²) in [6.45, 7) is 0.672. The lowest BCUT2D eigenvalue weighted by Crippen LogP contribution is -2.61. The van der Waals surface area contributed by atoms with Crippen LogP contribution in [0.15, 0.2) is 24.3 Å². The number of rotatable bonds is 2. The molecule has 0 bridgehead atoms. The molecule has 0 spiro atoms. The molecule has 3 nitrogen and oxygen atoms in total. The molecule has 2 fully saturated rings. The van der Waals surface area contributed by atoms with E-state index in [0.29, 0.717) is 6.61 Å². The van der Waals surface area contributed by atoms with Gasteiger partial charge in [0.15, 0.2) is 0 Å². The predicted molar refractivity (Wildman–Crippen MR) is 71.6 cm³/mol. The van der Waals surface area contributed by atoms with Gasteiger partial charge in [-0.3, -0.25) is 0 Å². The number of anilines is 1. The third-order valence-corrected chi connectivity index (χ3v) is 4.37. The Morgan fingerprint density at radius 2 is 2.00 bits per heavy atom. The van der Waals surface area contributed by atoms with Crippen LogP contribution in [0.25, 0.3) is 0 Å². The third-order valence-electron chi connectivity index (χ3n) is 4.37. The van der Waals surface area contributed by atoms with Crippen molar-refractivity contribution in [2.75, 3.05) is 11.9 Å². The zero-order valence-electron chi connectivity index (χ0n) is 10.9. The van der Waals surface area contributed by atoms with Gasteiger partial charge in [0.25, 0.3) is 0 Å². The van der Waals surface area contributed by atoms with E-state index in [2.05, 4.69) is 5.32 Å². The van der Waals surface area contributed by atoms with Gasteiger partial charge in [-0.25, -0.2) is 4.39 Å². The van der Waals surface area contributed by atoms with Gasteiger partial charge in [-0.05, 0) is 43.5 Å². The average Bonchev–Trinajstić information content (AvgIpc) is 2.42. The van der Waals surface area contributed by atoms with Gasteiger partial charge in [0.05, 0.1) is 12.1 Å². The van der Waals surface area contributed by atoms with Crippen LogP contribution in [0.1, 0.15) is 32.1 Å². The highest BCUT2D eigenvalue weighted by Crippen LogP contribution is 2.38. The number of halogens is 1. The largest absolute Gasteiger partial charge is 0.385 e. The summed E-state index contributed by atoms with van der Waals surface area (Å²) < 4.78 is 18.6. The predicted octanol–water partition coefficient (Wildman–Crippen LogP) is 2.70. The van der Waals surface area contributed by atoms with Crippen LogP contribution in [0.4, 0.5) is 10.1 Å². The van der Waals surface area contributed by atoms with Gasteiger partial charge in [-0.2, -0.15) is 0 Å². The number of fused-ring (bicyclic) bond motifs is 1. The number of benzene rings is 1. The molecule has 2 aliphatic rings. The maximum absolute atomic E-state index is 12.9. The van der Waals surface area contributed by atoms with Gasteiger partial charge in [-0.15, -0.1) is 0 Å². The lowest BCUT2D eigenvalue weighted by molar-refractivity contribution is -0.169. The number of hydrogen-bond acceptors (Lipinski definition) is 3. The van der Waals surface area contributed by atoms with Crippen molar-refractivity contribution in [3.8, 4) is 0 Å². The van der Waals surface area contributed by atoms with E-state index in [4.69, 9.17) is 4.74 Å². The molecule has 0 radical (unpaired) electrons. The van der Waals surface area contributed by atoms with E-state index in [1.54, 1.807) is 12.1 Å². The van der Waals surface area contributed by atoms with Crippen LogP contribution in [0.5, 0.6) is 0 Å². The Morgan fingerprint density at radius 1 is 1.21 bits per heavy atom. The van der Waals surface area contributed by atoms with Crippen molar-refractivity contribution in [2.24, 2.45) is 0 Å². The Morgan fingerprint density at radius 3 is 2.79 bits per heavy atom. The maximum Gasteiger partial charge on any atom is 0.123 e. The third kappa shape index (κ3) is 2.47. The Labute approximate surface area is 112 Å². The Bertz CT molecular complexity index is 434. The first-order valence-corrected chi connectivity index (χ1v) is 7.04. The van der Waals surface area contributed by atoms with E-state index in [0.717, 1.165) is 37.8 Å². The molecule has 3 atom stereocenters. The van der Waals surface area contributed by atoms with Gasteiger partial charge in [0.2, 0.25) is 0 Å². The molecule has 1 aliphatic carbocycles. The number of nitrogens with one attached hydrogen (secondary N) is 1. The SMILES string of the molecule is O[C@]12CCCCC1OCC[C@H]2Nc1ccc(F)cc1. The quantitative estimate of drug-likeness (QED) is 0.864. The van der Waals surface area contributed by atoms with Crippen molar-refractivity contribution in [2.45, 2.75) is 49.9 Å². The molecule has 3 rings (SSSR count). The molecule has 0 aromatic heterocycles. The minimum atomic E-state index is -0.787. The van der Waals surface area contributed by atoms with E-state index in [-0.39, 0.29) is 18.0 Å². The fraction of sp³-hybridized carbons (Fsp3) is 0.600. The number of hydrogen-bond donors (Lipinski definition) is 2. The Hall–Kier alpha value is -1.13. The molecular weight excluding hydrogens is 245 g/mol. The van der Waals surface area contributed by atoms with Gasteiger partial charge >= 0.3 is 0 Å². The smallest absolute Gasteiger partial charge is 0.123 e. The topological polar surface area (TPSA) is 41.5 Å². The van der Waals surface area contributed by atoms with E-state index in [9.17, 15) is 9.50 Å². The molecule has 104 valence electrons. The summed E-state index contributed by atoms with van der Waals surface area (Å²) in [5, 5.41) is 14.3. The van der Waals surface area contributed by atoms with E-state index in [1.165, 1.54) is 12.1 Å². The zero-order chi connectivity index (χ0) is 13.3. The summed E-state index contributed by atoms with van der Waals surface area (Å²) in [7, 11) is 0. The van der Waals surface area contributed by atoms with Crippen LogP contribution >= 0.6 is 0 Å². The molecule has 1 aromatic carbocycles. The van der Waals surface area contributed by atoms with E-state index < -0.39 is 5.60 Å². The van der Waals surface area contributed by atoms with Crippen LogP contribution in [-0.4, -0.2) is 29.5 Å². The monoisotopic (exact) mass is 265 g/mol. The first-order valence-electron chi connectivity index (χ1n) is 7.04. The fourth-order valence-electron chi connectivity index (χ4n) is 3.30.